The van der Waals surface area contributed by atoms with Gasteiger partial charge in [-0.25, -0.2) is 4.98 Å². The summed E-state index contributed by atoms with van der Waals surface area (Å²) in [5.74, 6) is 1.03. The highest BCUT2D eigenvalue weighted by atomic mass is 35.5. The average molecular weight is 338 g/mol. The zero-order valence-electron chi connectivity index (χ0n) is 12.9. The number of anilines is 5. The lowest BCUT2D eigenvalue weighted by atomic mass is 10.0. The normalized spacial score (nSPS) is 12.9. The summed E-state index contributed by atoms with van der Waals surface area (Å²) < 4.78 is 0. The van der Waals surface area contributed by atoms with Gasteiger partial charge in [-0.1, -0.05) is 23.7 Å². The number of rotatable bonds is 0. The van der Waals surface area contributed by atoms with Crippen molar-refractivity contribution < 1.29 is 0 Å². The minimum Gasteiger partial charge on any atom is -0.399 e. The topological polar surface area (TPSA) is 75.9 Å². The smallest absolute Gasteiger partial charge is 0.229 e. The first kappa shape index (κ1) is 14.8. The summed E-state index contributed by atoms with van der Waals surface area (Å²) in [6.07, 6.45) is 3.41. The van der Waals surface area contributed by atoms with Gasteiger partial charge < -0.3 is 16.4 Å². The quantitative estimate of drug-likeness (QED) is 0.533. The molecule has 0 radical (unpaired) electrons. The highest BCUT2D eigenvalue weighted by Crippen LogP contribution is 2.28. The highest BCUT2D eigenvalue weighted by Gasteiger charge is 2.09. The van der Waals surface area contributed by atoms with E-state index in [9.17, 15) is 0 Å². The molecule has 5 nitrogen and oxygen atoms in total. The first-order valence-electron chi connectivity index (χ1n) is 7.71. The van der Waals surface area contributed by atoms with E-state index in [0.717, 1.165) is 24.2 Å². The van der Waals surface area contributed by atoms with Crippen LogP contribution in [0.2, 0.25) is 5.02 Å². The molecule has 0 fully saturated rings. The van der Waals surface area contributed by atoms with Gasteiger partial charge in [0.05, 0.1) is 6.20 Å². The molecule has 1 aromatic heterocycles. The van der Waals surface area contributed by atoms with Gasteiger partial charge in [0.25, 0.3) is 0 Å². The number of hydrogen-bond acceptors (Lipinski definition) is 5. The Morgan fingerprint density at radius 2 is 1.79 bits per heavy atom. The summed E-state index contributed by atoms with van der Waals surface area (Å²) in [7, 11) is 0. The number of benzene rings is 2. The molecule has 0 unspecified atom stereocenters. The van der Waals surface area contributed by atoms with Crippen molar-refractivity contribution >= 4 is 40.4 Å². The fraction of sp³-hybridized carbons (Fsp3) is 0.111. The van der Waals surface area contributed by atoms with Crippen molar-refractivity contribution in [2.75, 3.05) is 16.4 Å². The van der Waals surface area contributed by atoms with E-state index in [2.05, 4.69) is 38.8 Å². The minimum atomic E-state index is 0.452. The van der Waals surface area contributed by atoms with Gasteiger partial charge in [0.15, 0.2) is 5.82 Å². The molecule has 0 amide bonds. The molecule has 4 rings (SSSR count). The Morgan fingerprint density at radius 1 is 0.958 bits per heavy atom. The standard InChI is InChI=1S/C18H16ClN5/c19-16-10-21-18-23-14-3-1-2-11(7-14)4-5-12-6-13(20)9-15(8-12)22-17(16)24-18/h1-3,6-10H,4-5,20H2,(H2,21,22,23,24). The number of nitrogens with one attached hydrogen (secondary N) is 2. The van der Waals surface area contributed by atoms with Crippen LogP contribution in [0.4, 0.5) is 28.8 Å². The first-order chi connectivity index (χ1) is 11.7. The largest absolute Gasteiger partial charge is 0.399 e. The Labute approximate surface area is 144 Å². The van der Waals surface area contributed by atoms with Gasteiger partial charge in [0, 0.05) is 17.1 Å². The Bertz CT molecular complexity index is 910. The lowest BCUT2D eigenvalue weighted by molar-refractivity contribution is 0.961. The second-order valence-corrected chi connectivity index (χ2v) is 6.21. The minimum absolute atomic E-state index is 0.452. The van der Waals surface area contributed by atoms with Crippen LogP contribution in [0.15, 0.2) is 48.7 Å². The zero-order chi connectivity index (χ0) is 16.5. The Morgan fingerprint density at radius 3 is 2.71 bits per heavy atom. The molecule has 4 N–H and O–H groups in total. The number of fused-ring (bicyclic) bond motifs is 6. The molecule has 6 heteroatoms. The third-order valence-electron chi connectivity index (χ3n) is 3.91. The first-order valence-corrected chi connectivity index (χ1v) is 8.08. The van der Waals surface area contributed by atoms with Crippen LogP contribution in [0.25, 0.3) is 0 Å². The molecule has 1 aliphatic heterocycles. The van der Waals surface area contributed by atoms with E-state index in [1.165, 1.54) is 11.1 Å². The SMILES string of the molecule is Nc1cc2cc(c1)Nc1nc(ncc1Cl)Nc1cccc(c1)CC2. The van der Waals surface area contributed by atoms with Crippen molar-refractivity contribution in [2.45, 2.75) is 12.8 Å². The molecule has 6 bridgehead atoms. The van der Waals surface area contributed by atoms with Gasteiger partial charge in [-0.2, -0.15) is 4.98 Å². The molecular weight excluding hydrogens is 322 g/mol. The molecule has 0 atom stereocenters. The van der Waals surface area contributed by atoms with Crippen molar-refractivity contribution in [3.63, 3.8) is 0 Å². The monoisotopic (exact) mass is 337 g/mol. The van der Waals surface area contributed by atoms with Crippen LogP contribution in [0.3, 0.4) is 0 Å². The lowest BCUT2D eigenvalue weighted by Crippen LogP contribution is -2.02. The van der Waals surface area contributed by atoms with Crippen LogP contribution in [0.5, 0.6) is 0 Å². The number of nitrogens with zero attached hydrogens (tertiary/aromatic N) is 2. The third-order valence-corrected chi connectivity index (χ3v) is 4.18. The lowest BCUT2D eigenvalue weighted by Gasteiger charge is -2.11. The van der Waals surface area contributed by atoms with Gasteiger partial charge in [0.1, 0.15) is 5.02 Å². The Kier molecular flexibility index (Phi) is 3.70. The second-order valence-electron chi connectivity index (χ2n) is 5.80. The number of nitrogen functional groups attached to an aromatic ring is 1. The van der Waals surface area contributed by atoms with Gasteiger partial charge in [-0.3, -0.25) is 0 Å². The molecule has 24 heavy (non-hydrogen) atoms. The van der Waals surface area contributed by atoms with E-state index in [1.54, 1.807) is 6.20 Å². The van der Waals surface area contributed by atoms with Crippen molar-refractivity contribution in [3.8, 4) is 0 Å². The molecule has 0 spiro atoms. The molecule has 0 saturated heterocycles. The number of aryl methyl sites for hydroxylation is 2. The van der Waals surface area contributed by atoms with Crippen molar-refractivity contribution in [1.82, 2.24) is 9.97 Å². The third kappa shape index (κ3) is 3.12. The van der Waals surface area contributed by atoms with Crippen LogP contribution in [0, 0.1) is 0 Å². The molecule has 2 heterocycles. The summed E-state index contributed by atoms with van der Waals surface area (Å²) in [6.45, 7) is 0. The molecule has 0 saturated carbocycles. The fourth-order valence-corrected chi connectivity index (χ4v) is 2.95. The number of halogens is 1. The predicted molar refractivity (Wildman–Crippen MR) is 98.3 cm³/mol. The molecular formula is C18H16ClN5. The predicted octanol–water partition coefficient (Wildman–Crippen LogP) is 4.30. The molecule has 3 aromatic rings. The highest BCUT2D eigenvalue weighted by molar-refractivity contribution is 6.32. The van der Waals surface area contributed by atoms with E-state index >= 15 is 0 Å². The fourth-order valence-electron chi connectivity index (χ4n) is 2.81. The number of aromatic nitrogens is 2. The number of nitrogens with two attached hydrogens (primary N) is 1. The van der Waals surface area contributed by atoms with Crippen molar-refractivity contribution in [2.24, 2.45) is 0 Å². The molecule has 120 valence electrons. The van der Waals surface area contributed by atoms with Crippen molar-refractivity contribution in [1.29, 1.82) is 0 Å². The molecule has 1 aliphatic rings. The van der Waals surface area contributed by atoms with Gasteiger partial charge >= 0.3 is 0 Å². The summed E-state index contributed by atoms with van der Waals surface area (Å²) in [5, 5.41) is 6.91. The number of hydrogen-bond donors (Lipinski definition) is 3. The van der Waals surface area contributed by atoms with Crippen LogP contribution >= 0.6 is 11.6 Å². The maximum atomic E-state index is 6.23. The summed E-state index contributed by atoms with van der Waals surface area (Å²) in [4.78, 5) is 8.71. The summed E-state index contributed by atoms with van der Waals surface area (Å²) in [5.41, 5.74) is 11.0. The Balaban J connectivity index is 1.84. The van der Waals surface area contributed by atoms with Crippen LogP contribution in [0.1, 0.15) is 11.1 Å². The summed E-state index contributed by atoms with van der Waals surface area (Å²) >= 11 is 6.23. The van der Waals surface area contributed by atoms with E-state index < -0.39 is 0 Å². The second kappa shape index (κ2) is 6.02. The average Bonchev–Trinajstić information content (AvgIpc) is 2.56. The van der Waals surface area contributed by atoms with Gasteiger partial charge in [-0.15, -0.1) is 0 Å². The zero-order valence-corrected chi connectivity index (χ0v) is 13.6. The van der Waals surface area contributed by atoms with Gasteiger partial charge in [0.2, 0.25) is 5.95 Å². The van der Waals surface area contributed by atoms with Crippen LogP contribution in [-0.4, -0.2) is 9.97 Å². The summed E-state index contributed by atoms with van der Waals surface area (Å²) in [6, 6.07) is 14.2. The van der Waals surface area contributed by atoms with Crippen LogP contribution in [-0.2, 0) is 12.8 Å². The van der Waals surface area contributed by atoms with E-state index in [0.29, 0.717) is 22.5 Å². The van der Waals surface area contributed by atoms with E-state index in [4.69, 9.17) is 17.3 Å². The van der Waals surface area contributed by atoms with Crippen molar-refractivity contribution in [3.05, 3.63) is 64.8 Å². The maximum Gasteiger partial charge on any atom is 0.229 e. The van der Waals surface area contributed by atoms with Gasteiger partial charge in [-0.05, 0) is 54.3 Å². The van der Waals surface area contributed by atoms with E-state index in [-0.39, 0.29) is 0 Å². The molecule has 2 aromatic carbocycles. The molecule has 0 aliphatic carbocycles. The van der Waals surface area contributed by atoms with E-state index in [1.807, 2.05) is 24.3 Å². The maximum absolute atomic E-state index is 6.23. The Hall–Kier alpha value is -2.79. The van der Waals surface area contributed by atoms with Crippen LogP contribution < -0.4 is 16.4 Å².